The van der Waals surface area contributed by atoms with Crippen molar-refractivity contribution in [2.24, 2.45) is 0 Å². The number of carbonyl (C=O) groups is 1. The molecule has 0 fully saturated rings. The highest BCUT2D eigenvalue weighted by Gasteiger charge is 2.15. The summed E-state index contributed by atoms with van der Waals surface area (Å²) < 4.78 is 4.77. The minimum absolute atomic E-state index is 0.206. The van der Waals surface area contributed by atoms with Crippen LogP contribution in [0.15, 0.2) is 0 Å². The van der Waals surface area contributed by atoms with Crippen LogP contribution in [0.25, 0.3) is 0 Å². The molecule has 1 aromatic heterocycles. The first kappa shape index (κ1) is 10.9. The molecule has 0 bridgehead atoms. The number of aromatic hydroxyl groups is 1. The zero-order chi connectivity index (χ0) is 10.6. The first-order chi connectivity index (χ1) is 6.65. The number of methoxy groups -OCH3 is 1. The summed E-state index contributed by atoms with van der Waals surface area (Å²) in [5.74, 6) is -0.521. The van der Waals surface area contributed by atoms with Crippen LogP contribution >= 0.6 is 11.3 Å². The van der Waals surface area contributed by atoms with Gasteiger partial charge < -0.3 is 15.2 Å². The van der Waals surface area contributed by atoms with Gasteiger partial charge in [-0.05, 0) is 6.92 Å². The molecule has 1 heterocycles. The second kappa shape index (κ2) is 4.92. The van der Waals surface area contributed by atoms with Crippen molar-refractivity contribution < 1.29 is 14.6 Å². The number of thiazole rings is 1. The second-order valence-corrected chi connectivity index (χ2v) is 3.84. The molecule has 0 atom stereocenters. The Kier molecular flexibility index (Phi) is 3.84. The number of rotatable bonds is 4. The highest BCUT2D eigenvalue weighted by molar-refractivity contribution is 7.13. The zero-order valence-electron chi connectivity index (χ0n) is 8.03. The highest BCUT2D eigenvalue weighted by Crippen LogP contribution is 2.22. The Labute approximate surface area is 85.7 Å². The molecular weight excluding hydrogens is 204 g/mol. The average Bonchev–Trinajstić information content (AvgIpc) is 2.45. The van der Waals surface area contributed by atoms with E-state index in [1.54, 1.807) is 14.0 Å². The molecule has 0 aromatic carbocycles. The summed E-state index contributed by atoms with van der Waals surface area (Å²) in [6.45, 7) is 2.60. The summed E-state index contributed by atoms with van der Waals surface area (Å²) in [6.07, 6.45) is 0. The van der Waals surface area contributed by atoms with Gasteiger partial charge in [0.15, 0.2) is 4.88 Å². The van der Waals surface area contributed by atoms with Crippen LogP contribution in [-0.2, 0) is 4.74 Å². The van der Waals surface area contributed by atoms with Crippen LogP contribution in [-0.4, -0.2) is 36.3 Å². The summed E-state index contributed by atoms with van der Waals surface area (Å²) in [5, 5.41) is 12.5. The third-order valence-electron chi connectivity index (χ3n) is 1.51. The van der Waals surface area contributed by atoms with Crippen LogP contribution in [0.2, 0.25) is 0 Å². The number of ether oxygens (including phenoxy) is 1. The average molecular weight is 216 g/mol. The predicted octanol–water partition coefficient (Wildman–Crippen LogP) is 0.533. The maximum absolute atomic E-state index is 11.4. The summed E-state index contributed by atoms with van der Waals surface area (Å²) in [5.41, 5.74) is 0. The van der Waals surface area contributed by atoms with Crippen molar-refractivity contribution in [1.29, 1.82) is 0 Å². The van der Waals surface area contributed by atoms with E-state index in [-0.39, 0.29) is 16.7 Å². The number of aryl methyl sites for hydroxylation is 1. The SMILES string of the molecule is COCCNC(=O)c1sc(C)nc1O. The van der Waals surface area contributed by atoms with Gasteiger partial charge in [0.2, 0.25) is 5.88 Å². The van der Waals surface area contributed by atoms with Gasteiger partial charge in [0.05, 0.1) is 11.6 Å². The molecule has 1 aromatic rings. The highest BCUT2D eigenvalue weighted by atomic mass is 32.1. The van der Waals surface area contributed by atoms with Crippen molar-refractivity contribution in [3.63, 3.8) is 0 Å². The van der Waals surface area contributed by atoms with Gasteiger partial charge in [-0.2, -0.15) is 0 Å². The van der Waals surface area contributed by atoms with E-state index in [1.165, 1.54) is 11.3 Å². The maximum Gasteiger partial charge on any atom is 0.267 e. The molecule has 78 valence electrons. The van der Waals surface area contributed by atoms with Crippen LogP contribution < -0.4 is 5.32 Å². The lowest BCUT2D eigenvalue weighted by Crippen LogP contribution is -2.26. The minimum Gasteiger partial charge on any atom is -0.492 e. The normalized spacial score (nSPS) is 10.1. The lowest BCUT2D eigenvalue weighted by Gasteiger charge is -2.01. The molecule has 2 N–H and O–H groups in total. The Morgan fingerprint density at radius 2 is 2.43 bits per heavy atom. The lowest BCUT2D eigenvalue weighted by atomic mass is 10.5. The number of nitrogens with zero attached hydrogens (tertiary/aromatic N) is 1. The van der Waals surface area contributed by atoms with Crippen molar-refractivity contribution in [2.75, 3.05) is 20.3 Å². The Morgan fingerprint density at radius 3 is 2.93 bits per heavy atom. The molecule has 1 amide bonds. The lowest BCUT2D eigenvalue weighted by molar-refractivity contribution is 0.0938. The fraction of sp³-hybridized carbons (Fsp3) is 0.500. The van der Waals surface area contributed by atoms with E-state index in [0.29, 0.717) is 18.2 Å². The fourth-order valence-corrected chi connectivity index (χ4v) is 1.64. The standard InChI is InChI=1S/C8H12N2O3S/c1-5-10-8(12)6(14-5)7(11)9-3-4-13-2/h12H,3-4H2,1-2H3,(H,9,11). The molecule has 0 aliphatic heterocycles. The zero-order valence-corrected chi connectivity index (χ0v) is 8.85. The third kappa shape index (κ3) is 2.68. The van der Waals surface area contributed by atoms with Crippen LogP contribution in [0.5, 0.6) is 5.88 Å². The van der Waals surface area contributed by atoms with Gasteiger partial charge in [0.1, 0.15) is 0 Å². The Bertz CT molecular complexity index is 324. The van der Waals surface area contributed by atoms with Gasteiger partial charge in [-0.25, -0.2) is 4.98 Å². The molecular formula is C8H12N2O3S. The molecule has 0 aliphatic carbocycles. The number of carbonyl (C=O) groups excluding carboxylic acids is 1. The molecule has 0 saturated carbocycles. The van der Waals surface area contributed by atoms with Crippen molar-refractivity contribution in [3.05, 3.63) is 9.88 Å². The van der Waals surface area contributed by atoms with Crippen molar-refractivity contribution in [2.45, 2.75) is 6.92 Å². The van der Waals surface area contributed by atoms with Crippen molar-refractivity contribution >= 4 is 17.2 Å². The van der Waals surface area contributed by atoms with E-state index >= 15 is 0 Å². The van der Waals surface area contributed by atoms with E-state index in [2.05, 4.69) is 10.3 Å². The first-order valence-electron chi connectivity index (χ1n) is 4.08. The molecule has 6 heteroatoms. The summed E-state index contributed by atoms with van der Waals surface area (Å²) in [6, 6.07) is 0. The van der Waals surface area contributed by atoms with Crippen LogP contribution in [0, 0.1) is 6.92 Å². The minimum atomic E-state index is -0.315. The van der Waals surface area contributed by atoms with E-state index < -0.39 is 0 Å². The van der Waals surface area contributed by atoms with Gasteiger partial charge in [-0.1, -0.05) is 0 Å². The quantitative estimate of drug-likeness (QED) is 0.720. The van der Waals surface area contributed by atoms with Gasteiger partial charge in [-0.3, -0.25) is 4.79 Å². The maximum atomic E-state index is 11.4. The molecule has 0 radical (unpaired) electrons. The summed E-state index contributed by atoms with van der Waals surface area (Å²) in [7, 11) is 1.56. The summed E-state index contributed by atoms with van der Waals surface area (Å²) in [4.78, 5) is 15.4. The van der Waals surface area contributed by atoms with Crippen LogP contribution in [0.1, 0.15) is 14.7 Å². The molecule has 0 aliphatic rings. The topological polar surface area (TPSA) is 71.5 Å². The number of hydrogen-bond donors (Lipinski definition) is 2. The number of hydrogen-bond acceptors (Lipinski definition) is 5. The molecule has 0 saturated heterocycles. The fourth-order valence-electron chi connectivity index (χ4n) is 0.911. The van der Waals surface area contributed by atoms with Gasteiger partial charge >= 0.3 is 0 Å². The Morgan fingerprint density at radius 1 is 1.71 bits per heavy atom. The largest absolute Gasteiger partial charge is 0.492 e. The number of aromatic nitrogens is 1. The van der Waals surface area contributed by atoms with Gasteiger partial charge in [0.25, 0.3) is 5.91 Å². The summed E-state index contributed by atoms with van der Waals surface area (Å²) >= 11 is 1.17. The molecule has 5 nitrogen and oxygen atoms in total. The number of nitrogens with one attached hydrogen (secondary N) is 1. The van der Waals surface area contributed by atoms with Crippen molar-refractivity contribution in [3.8, 4) is 5.88 Å². The van der Waals surface area contributed by atoms with E-state index in [0.717, 1.165) is 0 Å². The second-order valence-electron chi connectivity index (χ2n) is 2.63. The van der Waals surface area contributed by atoms with E-state index in [1.807, 2.05) is 0 Å². The van der Waals surface area contributed by atoms with Crippen molar-refractivity contribution in [1.82, 2.24) is 10.3 Å². The monoisotopic (exact) mass is 216 g/mol. The van der Waals surface area contributed by atoms with Gasteiger partial charge in [0, 0.05) is 13.7 Å². The molecule has 1 rings (SSSR count). The van der Waals surface area contributed by atoms with Crippen LogP contribution in [0.3, 0.4) is 0 Å². The predicted molar refractivity (Wildman–Crippen MR) is 52.7 cm³/mol. The molecule has 14 heavy (non-hydrogen) atoms. The smallest absolute Gasteiger partial charge is 0.267 e. The van der Waals surface area contributed by atoms with E-state index in [4.69, 9.17) is 4.74 Å². The first-order valence-corrected chi connectivity index (χ1v) is 4.90. The molecule has 0 unspecified atom stereocenters. The Hall–Kier alpha value is -1.14. The third-order valence-corrected chi connectivity index (χ3v) is 2.47. The van der Waals surface area contributed by atoms with E-state index in [9.17, 15) is 9.90 Å². The Balaban J connectivity index is 2.56. The molecule has 0 spiro atoms. The van der Waals surface area contributed by atoms with Gasteiger partial charge in [-0.15, -0.1) is 11.3 Å². The van der Waals surface area contributed by atoms with Crippen LogP contribution in [0.4, 0.5) is 0 Å². The number of amides is 1.